The normalized spacial score (nSPS) is 10.7. The van der Waals surface area contributed by atoms with Crippen LogP contribution in [0.25, 0.3) is 0 Å². The summed E-state index contributed by atoms with van der Waals surface area (Å²) >= 11 is 3.37. The van der Waals surface area contributed by atoms with Crippen LogP contribution in [0.5, 0.6) is 5.75 Å². The molecule has 0 fully saturated rings. The summed E-state index contributed by atoms with van der Waals surface area (Å²) < 4.78 is 0.956. The lowest BCUT2D eigenvalue weighted by Crippen LogP contribution is -2.25. The molecule has 1 rings (SSSR count). The molecule has 4 heteroatoms. The lowest BCUT2D eigenvalue weighted by atomic mass is 10.2. The number of aromatic hydroxyl groups is 1. The Balaban J connectivity index is 2.90. The topological polar surface area (TPSA) is 49.5 Å². The first-order valence-electron chi connectivity index (χ1n) is 3.53. The molecule has 12 heavy (non-hydrogen) atoms. The smallest absolute Gasteiger partial charge is 0.115 e. The summed E-state index contributed by atoms with van der Waals surface area (Å²) in [6, 6.07) is 5.12. The van der Waals surface area contributed by atoms with Gasteiger partial charge >= 0.3 is 0 Å². The molecular weight excluding hydrogens is 220 g/mol. The molecule has 0 aliphatic carbocycles. The Morgan fingerprint density at radius 3 is 2.83 bits per heavy atom. The first-order chi connectivity index (χ1) is 5.59. The number of hydrogen-bond donors (Lipinski definition) is 2. The predicted octanol–water partition coefficient (Wildman–Crippen LogP) is 1.46. The van der Waals surface area contributed by atoms with Gasteiger partial charge in [-0.1, -0.05) is 15.9 Å². The van der Waals surface area contributed by atoms with Crippen LogP contribution in [-0.2, 0) is 6.54 Å². The van der Waals surface area contributed by atoms with E-state index in [9.17, 15) is 5.11 Å². The molecule has 0 bridgehead atoms. The van der Waals surface area contributed by atoms with Gasteiger partial charge in [-0.05, 0) is 23.8 Å². The second-order valence-corrected chi connectivity index (χ2v) is 3.55. The molecule has 0 heterocycles. The lowest BCUT2D eigenvalue weighted by Gasteiger charge is -2.10. The fraction of sp³-hybridized carbons (Fsp3) is 0.250. The third kappa shape index (κ3) is 2.48. The second kappa shape index (κ2) is 3.89. The van der Waals surface area contributed by atoms with E-state index in [0.717, 1.165) is 10.0 Å². The SMILES string of the molecule is CN(N)Cc1cc(O)ccc1Br. The van der Waals surface area contributed by atoms with Gasteiger partial charge in [-0.2, -0.15) is 0 Å². The van der Waals surface area contributed by atoms with Crippen LogP contribution in [0.2, 0.25) is 0 Å². The first kappa shape index (κ1) is 9.51. The Kier molecular flexibility index (Phi) is 3.08. The lowest BCUT2D eigenvalue weighted by molar-refractivity contribution is 0.340. The van der Waals surface area contributed by atoms with Gasteiger partial charge in [-0.15, -0.1) is 0 Å². The maximum absolute atomic E-state index is 9.17. The Morgan fingerprint density at radius 2 is 2.25 bits per heavy atom. The zero-order valence-corrected chi connectivity index (χ0v) is 8.37. The Bertz CT molecular complexity index is 276. The van der Waals surface area contributed by atoms with E-state index in [2.05, 4.69) is 15.9 Å². The summed E-state index contributed by atoms with van der Waals surface area (Å²) in [7, 11) is 1.77. The largest absolute Gasteiger partial charge is 0.508 e. The Labute approximate surface area is 79.9 Å². The summed E-state index contributed by atoms with van der Waals surface area (Å²) in [6.07, 6.45) is 0. The minimum absolute atomic E-state index is 0.259. The van der Waals surface area contributed by atoms with E-state index >= 15 is 0 Å². The van der Waals surface area contributed by atoms with Gasteiger partial charge in [0.05, 0.1) is 0 Å². The van der Waals surface area contributed by atoms with Crippen molar-refractivity contribution in [2.45, 2.75) is 6.54 Å². The van der Waals surface area contributed by atoms with E-state index in [1.165, 1.54) is 0 Å². The van der Waals surface area contributed by atoms with Gasteiger partial charge in [-0.3, -0.25) is 5.84 Å². The average molecular weight is 231 g/mol. The van der Waals surface area contributed by atoms with Gasteiger partial charge in [0, 0.05) is 18.1 Å². The molecule has 1 aromatic rings. The number of hydrazine groups is 1. The standard InChI is InChI=1S/C8H11BrN2O/c1-11(10)5-6-4-7(12)2-3-8(6)9/h2-4,12H,5,10H2,1H3. The minimum atomic E-state index is 0.259. The van der Waals surface area contributed by atoms with E-state index in [-0.39, 0.29) is 5.75 Å². The van der Waals surface area contributed by atoms with Crippen molar-refractivity contribution in [3.05, 3.63) is 28.2 Å². The van der Waals surface area contributed by atoms with Crippen LogP contribution in [0.1, 0.15) is 5.56 Å². The molecule has 0 unspecified atom stereocenters. The zero-order chi connectivity index (χ0) is 9.14. The van der Waals surface area contributed by atoms with Crippen molar-refractivity contribution < 1.29 is 5.11 Å². The highest BCUT2D eigenvalue weighted by Gasteiger charge is 2.01. The van der Waals surface area contributed by atoms with Gasteiger partial charge in [0.25, 0.3) is 0 Å². The van der Waals surface area contributed by atoms with Crippen molar-refractivity contribution in [3.63, 3.8) is 0 Å². The number of rotatable bonds is 2. The van der Waals surface area contributed by atoms with Crippen LogP contribution in [0, 0.1) is 0 Å². The Morgan fingerprint density at radius 1 is 1.58 bits per heavy atom. The molecule has 1 aromatic carbocycles. The number of hydrogen-bond acceptors (Lipinski definition) is 3. The molecular formula is C8H11BrN2O. The molecule has 0 aromatic heterocycles. The molecule has 0 aliphatic rings. The zero-order valence-electron chi connectivity index (χ0n) is 6.79. The van der Waals surface area contributed by atoms with Crippen molar-refractivity contribution in [1.29, 1.82) is 0 Å². The van der Waals surface area contributed by atoms with E-state index in [1.54, 1.807) is 30.3 Å². The molecule has 66 valence electrons. The van der Waals surface area contributed by atoms with Crippen LogP contribution >= 0.6 is 15.9 Å². The van der Waals surface area contributed by atoms with E-state index in [4.69, 9.17) is 5.84 Å². The summed E-state index contributed by atoms with van der Waals surface area (Å²) in [6.45, 7) is 0.606. The summed E-state index contributed by atoms with van der Waals surface area (Å²) in [5, 5.41) is 10.7. The van der Waals surface area contributed by atoms with Crippen LogP contribution in [-0.4, -0.2) is 17.2 Å². The van der Waals surface area contributed by atoms with Crippen LogP contribution < -0.4 is 5.84 Å². The monoisotopic (exact) mass is 230 g/mol. The van der Waals surface area contributed by atoms with Crippen molar-refractivity contribution >= 4 is 15.9 Å². The quantitative estimate of drug-likeness (QED) is 0.598. The molecule has 0 amide bonds. The van der Waals surface area contributed by atoms with Gasteiger partial charge in [0.1, 0.15) is 5.75 Å². The van der Waals surface area contributed by atoms with Crippen molar-refractivity contribution in [2.75, 3.05) is 7.05 Å². The molecule has 0 saturated carbocycles. The van der Waals surface area contributed by atoms with Gasteiger partial charge < -0.3 is 5.11 Å². The molecule has 0 radical (unpaired) electrons. The molecule has 3 N–H and O–H groups in total. The predicted molar refractivity (Wildman–Crippen MR) is 51.5 cm³/mol. The van der Waals surface area contributed by atoms with Gasteiger partial charge in [0.15, 0.2) is 0 Å². The first-order valence-corrected chi connectivity index (χ1v) is 4.32. The highest BCUT2D eigenvalue weighted by molar-refractivity contribution is 9.10. The molecule has 0 saturated heterocycles. The minimum Gasteiger partial charge on any atom is -0.508 e. The third-order valence-corrected chi connectivity index (χ3v) is 2.22. The fourth-order valence-electron chi connectivity index (χ4n) is 0.951. The molecule has 0 spiro atoms. The molecule has 0 atom stereocenters. The maximum Gasteiger partial charge on any atom is 0.115 e. The fourth-order valence-corrected chi connectivity index (χ4v) is 1.32. The second-order valence-electron chi connectivity index (χ2n) is 2.69. The maximum atomic E-state index is 9.17. The van der Waals surface area contributed by atoms with Crippen molar-refractivity contribution in [2.24, 2.45) is 5.84 Å². The number of benzene rings is 1. The average Bonchev–Trinajstić information content (AvgIpc) is 1.96. The summed E-state index contributed by atoms with van der Waals surface area (Å²) in [4.78, 5) is 0. The van der Waals surface area contributed by atoms with Gasteiger partial charge in [-0.25, -0.2) is 5.01 Å². The number of nitrogens with two attached hydrogens (primary N) is 1. The van der Waals surface area contributed by atoms with Crippen LogP contribution in [0.3, 0.4) is 0 Å². The van der Waals surface area contributed by atoms with Crippen LogP contribution in [0.15, 0.2) is 22.7 Å². The number of nitrogens with zero attached hydrogens (tertiary/aromatic N) is 1. The number of halogens is 1. The summed E-state index contributed by atoms with van der Waals surface area (Å²) in [5.41, 5.74) is 0.972. The van der Waals surface area contributed by atoms with Crippen molar-refractivity contribution in [3.8, 4) is 5.75 Å². The van der Waals surface area contributed by atoms with Crippen molar-refractivity contribution in [1.82, 2.24) is 5.01 Å². The van der Waals surface area contributed by atoms with Crippen LogP contribution in [0.4, 0.5) is 0 Å². The van der Waals surface area contributed by atoms with E-state index in [1.807, 2.05) is 0 Å². The number of phenols is 1. The van der Waals surface area contributed by atoms with E-state index in [0.29, 0.717) is 6.54 Å². The highest BCUT2D eigenvalue weighted by Crippen LogP contribution is 2.22. The third-order valence-electron chi connectivity index (χ3n) is 1.45. The molecule has 3 nitrogen and oxygen atoms in total. The molecule has 0 aliphatic heterocycles. The van der Waals surface area contributed by atoms with Gasteiger partial charge in [0.2, 0.25) is 0 Å². The van der Waals surface area contributed by atoms with E-state index < -0.39 is 0 Å². The number of phenolic OH excluding ortho intramolecular Hbond substituents is 1. The summed E-state index contributed by atoms with van der Waals surface area (Å²) in [5.74, 6) is 5.73. The highest BCUT2D eigenvalue weighted by atomic mass is 79.9. The Hall–Kier alpha value is -0.580.